The molecule has 1 amide bonds. The Kier molecular flexibility index (Phi) is 4.15. The third-order valence-corrected chi connectivity index (χ3v) is 3.53. The van der Waals surface area contributed by atoms with Crippen LogP contribution in [0.1, 0.15) is 49.6 Å². The lowest BCUT2D eigenvalue weighted by molar-refractivity contribution is 0.0328. The van der Waals surface area contributed by atoms with Crippen molar-refractivity contribution in [2.45, 2.75) is 38.7 Å². The van der Waals surface area contributed by atoms with Gasteiger partial charge in [0.2, 0.25) is 0 Å². The number of hydrogen-bond acceptors (Lipinski definition) is 4. The number of aryl methyl sites for hydroxylation is 1. The summed E-state index contributed by atoms with van der Waals surface area (Å²) >= 11 is 0. The second-order valence-electron chi connectivity index (χ2n) is 6.72. The largest absolute Gasteiger partial charge is 0.466 e. The highest BCUT2D eigenvalue weighted by Crippen LogP contribution is 2.22. The molecule has 120 valence electrons. The van der Waals surface area contributed by atoms with Crippen LogP contribution >= 0.6 is 0 Å². The van der Waals surface area contributed by atoms with Crippen molar-refractivity contribution in [3.63, 3.8) is 0 Å². The predicted octanol–water partition coefficient (Wildman–Crippen LogP) is 1.95. The molecular weight excluding hydrogens is 282 g/mol. The number of nitrogens with zero attached hydrogens (tertiary/aromatic N) is 2. The second-order valence-corrected chi connectivity index (χ2v) is 6.72. The summed E-state index contributed by atoms with van der Waals surface area (Å²) in [6.07, 6.45) is 1.49. The maximum Gasteiger partial charge on any atom is 0.269 e. The fourth-order valence-corrected chi connectivity index (χ4v) is 2.06. The molecule has 0 aliphatic carbocycles. The van der Waals surface area contributed by atoms with Gasteiger partial charge in [0.05, 0.1) is 18.5 Å². The highest BCUT2D eigenvalue weighted by Gasteiger charge is 2.28. The van der Waals surface area contributed by atoms with Crippen molar-refractivity contribution in [2.24, 2.45) is 7.05 Å². The Morgan fingerprint density at radius 2 is 2.09 bits per heavy atom. The number of carbonyl (C=O) groups excluding carboxylic acids is 1. The molecule has 1 atom stereocenters. The zero-order valence-electron chi connectivity index (χ0n) is 13.7. The molecule has 6 nitrogen and oxygen atoms in total. The van der Waals surface area contributed by atoms with Crippen LogP contribution in [0.5, 0.6) is 0 Å². The number of amides is 1. The minimum atomic E-state index is -1.26. The minimum Gasteiger partial charge on any atom is -0.466 e. The summed E-state index contributed by atoms with van der Waals surface area (Å²) in [6.45, 7) is 7.77. The van der Waals surface area contributed by atoms with Crippen LogP contribution in [0, 0.1) is 0 Å². The molecule has 0 aliphatic heterocycles. The molecule has 2 N–H and O–H groups in total. The van der Waals surface area contributed by atoms with Crippen LogP contribution in [0.3, 0.4) is 0 Å². The Morgan fingerprint density at radius 3 is 2.59 bits per heavy atom. The lowest BCUT2D eigenvalue weighted by atomic mass is 9.92. The molecule has 0 bridgehead atoms. The summed E-state index contributed by atoms with van der Waals surface area (Å²) in [5, 5.41) is 17.4. The Morgan fingerprint density at radius 1 is 1.41 bits per heavy atom. The predicted molar refractivity (Wildman–Crippen MR) is 82.5 cm³/mol. The van der Waals surface area contributed by atoms with E-state index in [0.717, 1.165) is 5.69 Å². The van der Waals surface area contributed by atoms with E-state index in [9.17, 15) is 9.90 Å². The normalized spacial score (nSPS) is 14.6. The molecule has 0 aromatic carbocycles. The van der Waals surface area contributed by atoms with Crippen molar-refractivity contribution in [2.75, 3.05) is 6.54 Å². The molecular formula is C16H23N3O3. The molecule has 0 spiro atoms. The molecule has 2 heterocycles. The SMILES string of the molecule is Cn1nc(C(C)(C)C)cc1C(=O)NCC(C)(O)c1ccco1. The number of furan rings is 1. The van der Waals surface area contributed by atoms with E-state index in [-0.39, 0.29) is 17.9 Å². The molecule has 1 unspecified atom stereocenters. The number of aromatic nitrogens is 2. The highest BCUT2D eigenvalue weighted by molar-refractivity contribution is 5.92. The smallest absolute Gasteiger partial charge is 0.269 e. The number of hydrogen-bond donors (Lipinski definition) is 2. The lowest BCUT2D eigenvalue weighted by Gasteiger charge is -2.21. The van der Waals surface area contributed by atoms with E-state index < -0.39 is 5.60 Å². The Balaban J connectivity index is 2.09. The fraction of sp³-hybridized carbons (Fsp3) is 0.500. The van der Waals surface area contributed by atoms with E-state index in [4.69, 9.17) is 4.42 Å². The number of nitrogens with one attached hydrogen (secondary N) is 1. The molecule has 2 rings (SSSR count). The van der Waals surface area contributed by atoms with Crippen LogP contribution in [-0.2, 0) is 18.1 Å². The summed E-state index contributed by atoms with van der Waals surface area (Å²) in [5.74, 6) is 0.130. The maximum atomic E-state index is 12.3. The lowest BCUT2D eigenvalue weighted by Crippen LogP contribution is -2.39. The standard InChI is InChI=1S/C16H23N3O3/c1-15(2,3)12-9-11(19(5)18-12)14(20)17-10-16(4,21)13-7-6-8-22-13/h6-9,21H,10H2,1-5H3,(H,17,20). The van der Waals surface area contributed by atoms with Crippen LogP contribution in [0.15, 0.2) is 28.9 Å². The fourth-order valence-electron chi connectivity index (χ4n) is 2.06. The molecule has 0 radical (unpaired) electrons. The summed E-state index contributed by atoms with van der Waals surface area (Å²) in [7, 11) is 1.73. The first-order chi connectivity index (χ1) is 10.1. The number of carbonyl (C=O) groups is 1. The van der Waals surface area contributed by atoms with Crippen LogP contribution in [-0.4, -0.2) is 27.3 Å². The van der Waals surface area contributed by atoms with Crippen LogP contribution in [0.2, 0.25) is 0 Å². The van der Waals surface area contributed by atoms with Crippen LogP contribution in [0.4, 0.5) is 0 Å². The van der Waals surface area contributed by atoms with Gasteiger partial charge in [-0.05, 0) is 25.1 Å². The van der Waals surface area contributed by atoms with Gasteiger partial charge in [-0.2, -0.15) is 5.10 Å². The highest BCUT2D eigenvalue weighted by atomic mass is 16.4. The van der Waals surface area contributed by atoms with Gasteiger partial charge in [-0.3, -0.25) is 9.48 Å². The zero-order valence-corrected chi connectivity index (χ0v) is 13.7. The first-order valence-corrected chi connectivity index (χ1v) is 7.20. The van der Waals surface area contributed by atoms with Gasteiger partial charge < -0.3 is 14.8 Å². The molecule has 22 heavy (non-hydrogen) atoms. The van der Waals surface area contributed by atoms with E-state index in [1.165, 1.54) is 6.26 Å². The quantitative estimate of drug-likeness (QED) is 0.904. The van der Waals surface area contributed by atoms with E-state index in [2.05, 4.69) is 10.4 Å². The first-order valence-electron chi connectivity index (χ1n) is 7.20. The second kappa shape index (κ2) is 5.61. The topological polar surface area (TPSA) is 80.3 Å². The molecule has 2 aromatic heterocycles. The molecule has 2 aromatic rings. The van der Waals surface area contributed by atoms with E-state index in [1.807, 2.05) is 20.8 Å². The van der Waals surface area contributed by atoms with Crippen molar-refractivity contribution >= 4 is 5.91 Å². The molecule has 6 heteroatoms. The summed E-state index contributed by atoms with van der Waals surface area (Å²) in [5.41, 5.74) is -0.0845. The molecule has 0 saturated heterocycles. The van der Waals surface area contributed by atoms with E-state index in [1.54, 1.807) is 36.9 Å². The molecule has 0 fully saturated rings. The van der Waals surface area contributed by atoms with Crippen LogP contribution < -0.4 is 5.32 Å². The van der Waals surface area contributed by atoms with E-state index >= 15 is 0 Å². The molecule has 0 saturated carbocycles. The molecule has 0 aliphatic rings. The third-order valence-electron chi connectivity index (χ3n) is 3.53. The minimum absolute atomic E-state index is 0.0510. The van der Waals surface area contributed by atoms with Gasteiger partial charge in [0.1, 0.15) is 17.1 Å². The Hall–Kier alpha value is -2.08. The van der Waals surface area contributed by atoms with Crippen LogP contribution in [0.25, 0.3) is 0 Å². The van der Waals surface area contributed by atoms with Gasteiger partial charge >= 0.3 is 0 Å². The summed E-state index contributed by atoms with van der Waals surface area (Å²) in [4.78, 5) is 12.3. The van der Waals surface area contributed by atoms with Gasteiger partial charge in [0.15, 0.2) is 0 Å². The number of rotatable bonds is 4. The van der Waals surface area contributed by atoms with Crippen molar-refractivity contribution in [1.82, 2.24) is 15.1 Å². The van der Waals surface area contributed by atoms with Crippen molar-refractivity contribution in [1.29, 1.82) is 0 Å². The van der Waals surface area contributed by atoms with Gasteiger partial charge in [-0.15, -0.1) is 0 Å². The van der Waals surface area contributed by atoms with Crippen molar-refractivity contribution in [3.05, 3.63) is 41.6 Å². The van der Waals surface area contributed by atoms with Crippen molar-refractivity contribution in [3.8, 4) is 0 Å². The van der Waals surface area contributed by atoms with Crippen molar-refractivity contribution < 1.29 is 14.3 Å². The summed E-state index contributed by atoms with van der Waals surface area (Å²) < 4.78 is 6.74. The average molecular weight is 305 g/mol. The third kappa shape index (κ3) is 3.39. The van der Waals surface area contributed by atoms with Gasteiger partial charge in [0.25, 0.3) is 5.91 Å². The number of aliphatic hydroxyl groups is 1. The van der Waals surface area contributed by atoms with Gasteiger partial charge in [-0.25, -0.2) is 0 Å². The maximum absolute atomic E-state index is 12.3. The van der Waals surface area contributed by atoms with Gasteiger partial charge in [0, 0.05) is 12.5 Å². The van der Waals surface area contributed by atoms with E-state index in [0.29, 0.717) is 11.5 Å². The Labute approximate surface area is 130 Å². The first kappa shape index (κ1) is 16.3. The summed E-state index contributed by atoms with van der Waals surface area (Å²) in [6, 6.07) is 5.15. The van der Waals surface area contributed by atoms with Gasteiger partial charge in [-0.1, -0.05) is 20.8 Å². The zero-order chi connectivity index (χ0) is 16.5. The monoisotopic (exact) mass is 305 g/mol. The Bertz CT molecular complexity index is 649. The average Bonchev–Trinajstić information content (AvgIpc) is 3.04.